The summed E-state index contributed by atoms with van der Waals surface area (Å²) in [7, 11) is 1.65. The van der Waals surface area contributed by atoms with Gasteiger partial charge in [-0.15, -0.1) is 0 Å². The van der Waals surface area contributed by atoms with Gasteiger partial charge in [-0.3, -0.25) is 0 Å². The molecule has 24 heavy (non-hydrogen) atoms. The lowest BCUT2D eigenvalue weighted by atomic mass is 10.1. The SMILES string of the molecule is CCOc1ccc(CCNC(=S)Nc2cc(C)ccc2OC)cc1. The Balaban J connectivity index is 1.82. The monoisotopic (exact) mass is 344 g/mol. The van der Waals surface area contributed by atoms with Crippen molar-refractivity contribution in [3.63, 3.8) is 0 Å². The number of benzene rings is 2. The molecule has 0 fully saturated rings. The van der Waals surface area contributed by atoms with Crippen LogP contribution in [0.1, 0.15) is 18.1 Å². The second-order valence-electron chi connectivity index (χ2n) is 5.41. The molecule has 2 aromatic rings. The molecule has 0 aliphatic rings. The van der Waals surface area contributed by atoms with Crippen molar-refractivity contribution < 1.29 is 9.47 Å². The normalized spacial score (nSPS) is 10.1. The van der Waals surface area contributed by atoms with Crippen LogP contribution in [-0.4, -0.2) is 25.4 Å². The number of ether oxygens (including phenoxy) is 2. The van der Waals surface area contributed by atoms with Gasteiger partial charge in [0.15, 0.2) is 5.11 Å². The predicted molar refractivity (Wildman–Crippen MR) is 103 cm³/mol. The van der Waals surface area contributed by atoms with Crippen LogP contribution < -0.4 is 20.1 Å². The van der Waals surface area contributed by atoms with Gasteiger partial charge in [-0.25, -0.2) is 0 Å². The quantitative estimate of drug-likeness (QED) is 0.745. The molecule has 0 aliphatic carbocycles. The molecule has 0 saturated heterocycles. The summed E-state index contributed by atoms with van der Waals surface area (Å²) in [6.07, 6.45) is 0.888. The van der Waals surface area contributed by atoms with Crippen LogP contribution in [0.15, 0.2) is 42.5 Å². The van der Waals surface area contributed by atoms with Gasteiger partial charge in [0.05, 0.1) is 19.4 Å². The summed E-state index contributed by atoms with van der Waals surface area (Å²) < 4.78 is 10.8. The molecule has 2 aromatic carbocycles. The molecule has 2 N–H and O–H groups in total. The molecule has 5 heteroatoms. The molecule has 0 unspecified atom stereocenters. The van der Waals surface area contributed by atoms with Gasteiger partial charge in [0, 0.05) is 6.54 Å². The van der Waals surface area contributed by atoms with Crippen LogP contribution in [0.3, 0.4) is 0 Å². The number of thiocarbonyl (C=S) groups is 1. The third kappa shape index (κ3) is 5.42. The van der Waals surface area contributed by atoms with Crippen molar-refractivity contribution in [1.82, 2.24) is 5.32 Å². The highest BCUT2D eigenvalue weighted by Crippen LogP contribution is 2.25. The Morgan fingerprint density at radius 2 is 1.88 bits per heavy atom. The van der Waals surface area contributed by atoms with E-state index in [0.717, 1.165) is 35.7 Å². The average molecular weight is 344 g/mol. The van der Waals surface area contributed by atoms with Gasteiger partial charge in [0.25, 0.3) is 0 Å². The molecule has 0 aromatic heterocycles. The van der Waals surface area contributed by atoms with Crippen molar-refractivity contribution in [1.29, 1.82) is 0 Å². The number of aryl methyl sites for hydroxylation is 1. The number of nitrogens with one attached hydrogen (secondary N) is 2. The van der Waals surface area contributed by atoms with Crippen molar-refractivity contribution >= 4 is 23.0 Å². The maximum absolute atomic E-state index is 5.44. The van der Waals surface area contributed by atoms with E-state index in [4.69, 9.17) is 21.7 Å². The highest BCUT2D eigenvalue weighted by molar-refractivity contribution is 7.80. The maximum Gasteiger partial charge on any atom is 0.170 e. The first-order chi connectivity index (χ1) is 11.6. The molecule has 0 amide bonds. The van der Waals surface area contributed by atoms with Crippen LogP contribution in [0.5, 0.6) is 11.5 Å². The Labute approximate surface area is 149 Å². The Bertz CT molecular complexity index is 672. The standard InChI is InChI=1S/C19H24N2O2S/c1-4-23-16-8-6-15(7-9-16)11-12-20-19(24)21-17-13-14(2)5-10-18(17)22-3/h5-10,13H,4,11-12H2,1-3H3,(H2,20,21,24). The van der Waals surface area contributed by atoms with Crippen molar-refractivity contribution in [2.24, 2.45) is 0 Å². The lowest BCUT2D eigenvalue weighted by molar-refractivity contribution is 0.340. The van der Waals surface area contributed by atoms with E-state index in [-0.39, 0.29) is 0 Å². The second-order valence-corrected chi connectivity index (χ2v) is 5.82. The Kier molecular flexibility index (Phi) is 6.88. The van der Waals surface area contributed by atoms with E-state index in [2.05, 4.69) is 22.8 Å². The molecule has 0 saturated carbocycles. The van der Waals surface area contributed by atoms with Crippen LogP contribution >= 0.6 is 12.2 Å². The van der Waals surface area contributed by atoms with Crippen LogP contribution in [0.2, 0.25) is 0 Å². The molecule has 0 atom stereocenters. The highest BCUT2D eigenvalue weighted by Gasteiger charge is 2.05. The number of methoxy groups -OCH3 is 1. The number of rotatable bonds is 7. The molecule has 0 spiro atoms. The molecule has 128 valence electrons. The van der Waals surface area contributed by atoms with Crippen molar-refractivity contribution in [3.8, 4) is 11.5 Å². The summed E-state index contributed by atoms with van der Waals surface area (Å²) in [6, 6.07) is 14.1. The van der Waals surface area contributed by atoms with E-state index < -0.39 is 0 Å². The summed E-state index contributed by atoms with van der Waals surface area (Å²) in [5, 5.41) is 7.00. The Hall–Kier alpha value is -2.27. The van der Waals surface area contributed by atoms with Gasteiger partial charge in [-0.1, -0.05) is 18.2 Å². The van der Waals surface area contributed by atoms with E-state index in [1.54, 1.807) is 7.11 Å². The minimum absolute atomic E-state index is 0.588. The van der Waals surface area contributed by atoms with E-state index in [0.29, 0.717) is 11.7 Å². The first kappa shape index (κ1) is 18.1. The van der Waals surface area contributed by atoms with E-state index in [1.165, 1.54) is 5.56 Å². The van der Waals surface area contributed by atoms with Crippen LogP contribution in [0.4, 0.5) is 5.69 Å². The second kappa shape index (κ2) is 9.13. The fourth-order valence-corrected chi connectivity index (χ4v) is 2.54. The summed E-state index contributed by atoms with van der Waals surface area (Å²) in [6.45, 7) is 5.46. The zero-order valence-corrected chi connectivity index (χ0v) is 15.2. The third-order valence-electron chi connectivity index (χ3n) is 3.54. The van der Waals surface area contributed by atoms with Crippen molar-refractivity contribution in [2.75, 3.05) is 25.6 Å². The molecule has 4 nitrogen and oxygen atoms in total. The van der Waals surface area contributed by atoms with Gasteiger partial charge in [0.1, 0.15) is 11.5 Å². The smallest absolute Gasteiger partial charge is 0.170 e. The molecule has 0 radical (unpaired) electrons. The Morgan fingerprint density at radius 3 is 2.54 bits per heavy atom. The van der Waals surface area contributed by atoms with Gasteiger partial charge in [0.2, 0.25) is 0 Å². The van der Waals surface area contributed by atoms with Crippen molar-refractivity contribution in [2.45, 2.75) is 20.3 Å². The number of hydrogen-bond donors (Lipinski definition) is 2. The first-order valence-corrected chi connectivity index (χ1v) is 8.44. The maximum atomic E-state index is 5.44. The summed E-state index contributed by atoms with van der Waals surface area (Å²) in [5.41, 5.74) is 3.26. The first-order valence-electron chi connectivity index (χ1n) is 8.03. The van der Waals surface area contributed by atoms with Gasteiger partial charge >= 0.3 is 0 Å². The van der Waals surface area contributed by atoms with E-state index in [1.807, 2.05) is 44.2 Å². The largest absolute Gasteiger partial charge is 0.495 e. The Morgan fingerprint density at radius 1 is 1.12 bits per heavy atom. The topological polar surface area (TPSA) is 42.5 Å². The number of hydrogen-bond acceptors (Lipinski definition) is 3. The number of anilines is 1. The lowest BCUT2D eigenvalue weighted by Gasteiger charge is -2.14. The van der Waals surface area contributed by atoms with Gasteiger partial charge in [-0.05, 0) is 67.9 Å². The summed E-state index contributed by atoms with van der Waals surface area (Å²) in [4.78, 5) is 0. The minimum Gasteiger partial charge on any atom is -0.495 e. The molecular formula is C19H24N2O2S. The van der Waals surface area contributed by atoms with Gasteiger partial charge in [-0.2, -0.15) is 0 Å². The van der Waals surface area contributed by atoms with Gasteiger partial charge < -0.3 is 20.1 Å². The fourth-order valence-electron chi connectivity index (χ4n) is 2.33. The van der Waals surface area contributed by atoms with E-state index in [9.17, 15) is 0 Å². The third-order valence-corrected chi connectivity index (χ3v) is 3.78. The molecule has 0 heterocycles. The van der Waals surface area contributed by atoms with Crippen LogP contribution in [0.25, 0.3) is 0 Å². The zero-order chi connectivity index (χ0) is 17.4. The van der Waals surface area contributed by atoms with Crippen LogP contribution in [0, 0.1) is 6.92 Å². The highest BCUT2D eigenvalue weighted by atomic mass is 32.1. The summed E-state index contributed by atoms with van der Waals surface area (Å²) >= 11 is 5.36. The average Bonchev–Trinajstić information content (AvgIpc) is 2.57. The molecule has 0 aliphatic heterocycles. The predicted octanol–water partition coefficient (Wildman–Crippen LogP) is 3.93. The summed E-state index contributed by atoms with van der Waals surface area (Å²) in [5.74, 6) is 1.68. The fraction of sp³-hybridized carbons (Fsp3) is 0.316. The van der Waals surface area contributed by atoms with E-state index >= 15 is 0 Å². The lowest BCUT2D eigenvalue weighted by Crippen LogP contribution is -2.30. The van der Waals surface area contributed by atoms with Crippen molar-refractivity contribution in [3.05, 3.63) is 53.6 Å². The minimum atomic E-state index is 0.588. The molecule has 0 bridgehead atoms. The molecular weight excluding hydrogens is 320 g/mol. The van der Waals surface area contributed by atoms with Crippen LogP contribution in [-0.2, 0) is 6.42 Å². The molecule has 2 rings (SSSR count). The zero-order valence-electron chi connectivity index (χ0n) is 14.4.